The minimum Gasteiger partial charge on any atom is -0.399 e. The molecule has 2 aromatic rings. The molecule has 1 aliphatic rings. The first-order valence-corrected chi connectivity index (χ1v) is 9.50. The van der Waals surface area contributed by atoms with Crippen molar-refractivity contribution in [3.05, 3.63) is 64.7 Å². The Kier molecular flexibility index (Phi) is 5.92. The fourth-order valence-corrected chi connectivity index (χ4v) is 2.99. The maximum atomic E-state index is 14.7. The molecule has 0 bridgehead atoms. The van der Waals surface area contributed by atoms with Crippen LogP contribution in [0.5, 0.6) is 0 Å². The molecule has 0 saturated carbocycles. The Balaban J connectivity index is 1.72. The third kappa shape index (κ3) is 4.75. The van der Waals surface area contributed by atoms with Gasteiger partial charge in [-0.05, 0) is 58.0 Å². The SMILES string of the molecule is CC1(C)OB(c2ccc(C(=O)NCc3cc(C(F)(F)F)ccc3F)cc2F)OC1(C)C. The fraction of sp³-hybridized carbons (Fsp3) is 0.381. The number of rotatable bonds is 4. The van der Waals surface area contributed by atoms with Crippen molar-refractivity contribution in [2.24, 2.45) is 0 Å². The number of carbonyl (C=O) groups is 1. The molecule has 1 saturated heterocycles. The molecule has 4 nitrogen and oxygen atoms in total. The van der Waals surface area contributed by atoms with E-state index in [0.29, 0.717) is 18.2 Å². The number of nitrogens with one attached hydrogen (secondary N) is 1. The van der Waals surface area contributed by atoms with Crippen LogP contribution in [0.3, 0.4) is 0 Å². The Morgan fingerprint density at radius 2 is 1.58 bits per heavy atom. The highest BCUT2D eigenvalue weighted by molar-refractivity contribution is 6.62. The molecule has 166 valence electrons. The molecule has 1 aliphatic heterocycles. The summed E-state index contributed by atoms with van der Waals surface area (Å²) in [4.78, 5) is 12.3. The maximum absolute atomic E-state index is 14.7. The minimum atomic E-state index is -4.64. The van der Waals surface area contributed by atoms with Gasteiger partial charge in [0.25, 0.3) is 5.91 Å². The molecule has 0 aliphatic carbocycles. The molecule has 1 N–H and O–H groups in total. The topological polar surface area (TPSA) is 47.6 Å². The van der Waals surface area contributed by atoms with Crippen molar-refractivity contribution in [1.29, 1.82) is 0 Å². The standard InChI is InChI=1S/C21H21BF5NO3/c1-19(2)20(3,4)31-22(30-19)15-7-5-12(10-17(15)24)18(29)28-11-13-9-14(21(25,26)27)6-8-16(13)23/h5-10H,11H2,1-4H3,(H,28,29). The molecule has 10 heteroatoms. The lowest BCUT2D eigenvalue weighted by Gasteiger charge is -2.32. The van der Waals surface area contributed by atoms with E-state index in [4.69, 9.17) is 9.31 Å². The van der Waals surface area contributed by atoms with Gasteiger partial charge in [0.2, 0.25) is 0 Å². The van der Waals surface area contributed by atoms with Crippen LogP contribution in [0.25, 0.3) is 0 Å². The van der Waals surface area contributed by atoms with Crippen LogP contribution in [0, 0.1) is 11.6 Å². The number of alkyl halides is 3. The monoisotopic (exact) mass is 441 g/mol. The minimum absolute atomic E-state index is 0.0786. The number of hydrogen-bond donors (Lipinski definition) is 1. The predicted molar refractivity (Wildman–Crippen MR) is 105 cm³/mol. The molecule has 0 atom stereocenters. The van der Waals surface area contributed by atoms with Crippen LogP contribution >= 0.6 is 0 Å². The van der Waals surface area contributed by atoms with Gasteiger partial charge in [0.05, 0.1) is 16.8 Å². The van der Waals surface area contributed by atoms with Crippen molar-refractivity contribution in [3.63, 3.8) is 0 Å². The molecule has 0 aromatic heterocycles. The molecule has 0 spiro atoms. The van der Waals surface area contributed by atoms with E-state index >= 15 is 0 Å². The largest absolute Gasteiger partial charge is 0.497 e. The molecular formula is C21H21BF5NO3. The summed E-state index contributed by atoms with van der Waals surface area (Å²) in [6.45, 7) is 6.79. The van der Waals surface area contributed by atoms with Crippen LogP contribution < -0.4 is 10.8 Å². The van der Waals surface area contributed by atoms with Crippen molar-refractivity contribution in [1.82, 2.24) is 5.32 Å². The van der Waals surface area contributed by atoms with Gasteiger partial charge in [0.15, 0.2) is 0 Å². The highest BCUT2D eigenvalue weighted by atomic mass is 19.4. The van der Waals surface area contributed by atoms with Crippen LogP contribution in [0.2, 0.25) is 0 Å². The number of halogens is 5. The Morgan fingerprint density at radius 1 is 0.968 bits per heavy atom. The Labute approximate surface area is 176 Å². The van der Waals surface area contributed by atoms with Crippen LogP contribution in [0.4, 0.5) is 22.0 Å². The second-order valence-electron chi connectivity index (χ2n) is 8.31. The summed E-state index contributed by atoms with van der Waals surface area (Å²) in [6, 6.07) is 5.57. The van der Waals surface area contributed by atoms with Crippen LogP contribution in [0.15, 0.2) is 36.4 Å². The van der Waals surface area contributed by atoms with E-state index in [1.54, 1.807) is 0 Å². The molecule has 2 aromatic carbocycles. The zero-order chi connectivity index (χ0) is 23.2. The normalized spacial score (nSPS) is 17.6. The zero-order valence-electron chi connectivity index (χ0n) is 17.4. The van der Waals surface area contributed by atoms with Gasteiger partial charge in [-0.1, -0.05) is 6.07 Å². The highest BCUT2D eigenvalue weighted by Gasteiger charge is 2.52. The lowest BCUT2D eigenvalue weighted by molar-refractivity contribution is -0.137. The molecular weight excluding hydrogens is 420 g/mol. The van der Waals surface area contributed by atoms with E-state index in [-0.39, 0.29) is 16.6 Å². The molecule has 3 rings (SSSR count). The first kappa shape index (κ1) is 23.2. The molecule has 31 heavy (non-hydrogen) atoms. The van der Waals surface area contributed by atoms with Gasteiger partial charge in [-0.25, -0.2) is 8.78 Å². The summed E-state index contributed by atoms with van der Waals surface area (Å²) in [6.07, 6.45) is -4.64. The molecule has 0 radical (unpaired) electrons. The van der Waals surface area contributed by atoms with E-state index in [9.17, 15) is 26.7 Å². The van der Waals surface area contributed by atoms with Crippen molar-refractivity contribution >= 4 is 18.5 Å². The summed E-state index contributed by atoms with van der Waals surface area (Å²) >= 11 is 0. The van der Waals surface area contributed by atoms with Crippen molar-refractivity contribution < 1.29 is 36.1 Å². The lowest BCUT2D eigenvalue weighted by atomic mass is 9.78. The number of carbonyl (C=O) groups excluding carboxylic acids is 1. The van der Waals surface area contributed by atoms with E-state index < -0.39 is 54.1 Å². The average Bonchev–Trinajstić information content (AvgIpc) is 2.86. The number of benzene rings is 2. The van der Waals surface area contributed by atoms with E-state index in [1.165, 1.54) is 12.1 Å². The lowest BCUT2D eigenvalue weighted by Crippen LogP contribution is -2.41. The second kappa shape index (κ2) is 7.91. The van der Waals surface area contributed by atoms with E-state index in [2.05, 4.69) is 5.32 Å². The first-order valence-electron chi connectivity index (χ1n) is 9.50. The fourth-order valence-electron chi connectivity index (χ4n) is 2.99. The van der Waals surface area contributed by atoms with Gasteiger partial charge < -0.3 is 14.6 Å². The third-order valence-corrected chi connectivity index (χ3v) is 5.58. The maximum Gasteiger partial charge on any atom is 0.497 e. The quantitative estimate of drug-likeness (QED) is 0.572. The number of hydrogen-bond acceptors (Lipinski definition) is 3. The van der Waals surface area contributed by atoms with Gasteiger partial charge >= 0.3 is 13.3 Å². The first-order chi connectivity index (χ1) is 14.2. The summed E-state index contributed by atoms with van der Waals surface area (Å²) in [7, 11) is -0.957. The molecule has 1 fully saturated rings. The molecule has 1 heterocycles. The number of amides is 1. The van der Waals surface area contributed by atoms with E-state index in [0.717, 1.165) is 6.07 Å². The van der Waals surface area contributed by atoms with Crippen LogP contribution in [-0.2, 0) is 22.0 Å². The van der Waals surface area contributed by atoms with Gasteiger partial charge in [0.1, 0.15) is 11.6 Å². The van der Waals surface area contributed by atoms with Crippen molar-refractivity contribution in [2.75, 3.05) is 0 Å². The molecule has 0 unspecified atom stereocenters. The summed E-state index contributed by atoms with van der Waals surface area (Å²) in [5.74, 6) is -2.40. The average molecular weight is 441 g/mol. The van der Waals surface area contributed by atoms with Gasteiger partial charge in [-0.2, -0.15) is 13.2 Å². The Morgan fingerprint density at radius 3 is 2.13 bits per heavy atom. The van der Waals surface area contributed by atoms with E-state index in [1.807, 2.05) is 27.7 Å². The van der Waals surface area contributed by atoms with Crippen molar-refractivity contribution in [2.45, 2.75) is 51.6 Å². The summed E-state index contributed by atoms with van der Waals surface area (Å²) in [5, 5.41) is 2.30. The zero-order valence-corrected chi connectivity index (χ0v) is 17.4. The molecule has 1 amide bonds. The van der Waals surface area contributed by atoms with Crippen LogP contribution in [-0.4, -0.2) is 24.2 Å². The summed E-state index contributed by atoms with van der Waals surface area (Å²) in [5.41, 5.74) is -2.68. The van der Waals surface area contributed by atoms with Gasteiger partial charge in [-0.3, -0.25) is 4.79 Å². The third-order valence-electron chi connectivity index (χ3n) is 5.58. The van der Waals surface area contributed by atoms with Gasteiger partial charge in [0, 0.05) is 23.1 Å². The second-order valence-corrected chi connectivity index (χ2v) is 8.31. The Bertz CT molecular complexity index is 991. The highest BCUT2D eigenvalue weighted by Crippen LogP contribution is 2.36. The summed E-state index contributed by atoms with van der Waals surface area (Å²) < 4.78 is 78.4. The van der Waals surface area contributed by atoms with Gasteiger partial charge in [-0.15, -0.1) is 0 Å². The Hall–Kier alpha value is -2.46. The smallest absolute Gasteiger partial charge is 0.399 e. The van der Waals surface area contributed by atoms with Crippen molar-refractivity contribution in [3.8, 4) is 0 Å². The predicted octanol–water partition coefficient (Wildman–Crippen LogP) is 4.21. The van der Waals surface area contributed by atoms with Crippen LogP contribution in [0.1, 0.15) is 49.2 Å².